The van der Waals surface area contributed by atoms with Crippen LogP contribution < -0.4 is 5.73 Å². The number of nitrogens with two attached hydrogens (primary N) is 1. The van der Waals surface area contributed by atoms with Gasteiger partial charge < -0.3 is 5.73 Å². The van der Waals surface area contributed by atoms with Crippen molar-refractivity contribution in [3.8, 4) is 0 Å². The zero-order valence-corrected chi connectivity index (χ0v) is 10.9. The van der Waals surface area contributed by atoms with Gasteiger partial charge in [0.1, 0.15) is 0 Å². The summed E-state index contributed by atoms with van der Waals surface area (Å²) >= 11 is 0. The smallest absolute Gasteiger partial charge is 0.0220 e. The van der Waals surface area contributed by atoms with E-state index in [2.05, 4.69) is 32.6 Å². The first-order valence-corrected chi connectivity index (χ1v) is 6.48. The van der Waals surface area contributed by atoms with Gasteiger partial charge in [-0.1, -0.05) is 27.7 Å². The molecule has 0 radical (unpaired) electrons. The second-order valence-corrected chi connectivity index (χ2v) is 5.81. The second kappa shape index (κ2) is 5.86. The summed E-state index contributed by atoms with van der Waals surface area (Å²) in [6.45, 7) is 12.6. The summed E-state index contributed by atoms with van der Waals surface area (Å²) in [7, 11) is 0. The van der Waals surface area contributed by atoms with Gasteiger partial charge in [-0.25, -0.2) is 0 Å². The van der Waals surface area contributed by atoms with E-state index in [0.717, 1.165) is 24.3 Å². The maximum atomic E-state index is 5.88. The van der Waals surface area contributed by atoms with Gasteiger partial charge in [0, 0.05) is 19.1 Å². The van der Waals surface area contributed by atoms with Crippen molar-refractivity contribution in [3.63, 3.8) is 0 Å². The first-order valence-electron chi connectivity index (χ1n) is 6.48. The number of hydrogen-bond donors (Lipinski definition) is 1. The third-order valence-electron chi connectivity index (χ3n) is 3.73. The Labute approximate surface area is 95.2 Å². The highest BCUT2D eigenvalue weighted by Crippen LogP contribution is 2.26. The summed E-state index contributed by atoms with van der Waals surface area (Å²) in [5, 5.41) is 0. The standard InChI is InChI=1S/C13H28N2/c1-10(2)7-13(8-14)15-6-5-12(9-15)11(3)4/h10-13H,5-9,14H2,1-4H3. The Hall–Kier alpha value is -0.0800. The summed E-state index contributed by atoms with van der Waals surface area (Å²) in [6, 6.07) is 0.619. The number of hydrogen-bond acceptors (Lipinski definition) is 2. The second-order valence-electron chi connectivity index (χ2n) is 5.81. The minimum absolute atomic E-state index is 0.619. The molecular weight excluding hydrogens is 184 g/mol. The molecule has 0 bridgehead atoms. The fourth-order valence-corrected chi connectivity index (χ4v) is 2.63. The molecule has 0 amide bonds. The summed E-state index contributed by atoms with van der Waals surface area (Å²) < 4.78 is 0. The SMILES string of the molecule is CC(C)CC(CN)N1CCC(C(C)C)C1. The largest absolute Gasteiger partial charge is 0.329 e. The molecule has 2 atom stereocenters. The van der Waals surface area contributed by atoms with Crippen LogP contribution >= 0.6 is 0 Å². The zero-order valence-electron chi connectivity index (χ0n) is 10.9. The Morgan fingerprint density at radius 2 is 1.93 bits per heavy atom. The number of likely N-dealkylation sites (tertiary alicyclic amines) is 1. The van der Waals surface area contributed by atoms with E-state index >= 15 is 0 Å². The summed E-state index contributed by atoms with van der Waals surface area (Å²) in [4.78, 5) is 2.62. The highest BCUT2D eigenvalue weighted by atomic mass is 15.2. The van der Waals surface area contributed by atoms with Gasteiger partial charge in [0.25, 0.3) is 0 Å². The van der Waals surface area contributed by atoms with Crippen LogP contribution in [0.5, 0.6) is 0 Å². The van der Waals surface area contributed by atoms with E-state index in [0.29, 0.717) is 6.04 Å². The van der Waals surface area contributed by atoms with Crippen LogP contribution in [0, 0.1) is 17.8 Å². The van der Waals surface area contributed by atoms with E-state index in [1.165, 1.54) is 25.9 Å². The summed E-state index contributed by atoms with van der Waals surface area (Å²) in [6.07, 6.45) is 2.62. The summed E-state index contributed by atoms with van der Waals surface area (Å²) in [5.74, 6) is 2.48. The Balaban J connectivity index is 2.42. The van der Waals surface area contributed by atoms with E-state index in [9.17, 15) is 0 Å². The lowest BCUT2D eigenvalue weighted by molar-refractivity contribution is 0.204. The van der Waals surface area contributed by atoms with Gasteiger partial charge in [-0.05, 0) is 37.1 Å². The van der Waals surface area contributed by atoms with E-state index in [4.69, 9.17) is 5.73 Å². The average Bonchev–Trinajstić information content (AvgIpc) is 2.62. The quantitative estimate of drug-likeness (QED) is 0.758. The van der Waals surface area contributed by atoms with Crippen LogP contribution in [0.25, 0.3) is 0 Å². The minimum Gasteiger partial charge on any atom is -0.329 e. The molecule has 0 aromatic carbocycles. The van der Waals surface area contributed by atoms with Gasteiger partial charge >= 0.3 is 0 Å². The maximum absolute atomic E-state index is 5.88. The molecular formula is C13H28N2. The monoisotopic (exact) mass is 212 g/mol. The van der Waals surface area contributed by atoms with Crippen LogP contribution in [-0.2, 0) is 0 Å². The molecule has 1 rings (SSSR count). The molecule has 0 aromatic heterocycles. The molecule has 90 valence electrons. The fourth-order valence-electron chi connectivity index (χ4n) is 2.63. The maximum Gasteiger partial charge on any atom is 0.0220 e. The van der Waals surface area contributed by atoms with Crippen molar-refractivity contribution in [3.05, 3.63) is 0 Å². The van der Waals surface area contributed by atoms with Crippen molar-refractivity contribution in [2.24, 2.45) is 23.5 Å². The lowest BCUT2D eigenvalue weighted by Crippen LogP contribution is -2.40. The van der Waals surface area contributed by atoms with Crippen molar-refractivity contribution < 1.29 is 0 Å². The van der Waals surface area contributed by atoms with Gasteiger partial charge in [0.05, 0.1) is 0 Å². The van der Waals surface area contributed by atoms with Crippen molar-refractivity contribution in [2.75, 3.05) is 19.6 Å². The first-order chi connectivity index (χ1) is 7.04. The molecule has 1 aliphatic heterocycles. The number of rotatable bonds is 5. The molecule has 1 aliphatic rings. The van der Waals surface area contributed by atoms with Crippen molar-refractivity contribution in [1.82, 2.24) is 4.90 Å². The van der Waals surface area contributed by atoms with Gasteiger partial charge in [-0.3, -0.25) is 4.90 Å². The van der Waals surface area contributed by atoms with Crippen LogP contribution in [0.2, 0.25) is 0 Å². The molecule has 15 heavy (non-hydrogen) atoms. The Bertz CT molecular complexity index is 177. The lowest BCUT2D eigenvalue weighted by atomic mass is 9.95. The molecule has 2 unspecified atom stereocenters. The molecule has 0 aromatic rings. The fraction of sp³-hybridized carbons (Fsp3) is 1.00. The van der Waals surface area contributed by atoms with E-state index in [1.807, 2.05) is 0 Å². The minimum atomic E-state index is 0.619. The Morgan fingerprint density at radius 3 is 2.33 bits per heavy atom. The molecule has 2 heteroatoms. The average molecular weight is 212 g/mol. The predicted molar refractivity (Wildman–Crippen MR) is 66.8 cm³/mol. The third-order valence-corrected chi connectivity index (χ3v) is 3.73. The molecule has 0 aliphatic carbocycles. The zero-order chi connectivity index (χ0) is 11.4. The van der Waals surface area contributed by atoms with Crippen LogP contribution in [0.3, 0.4) is 0 Å². The Kier molecular flexibility index (Phi) is 5.07. The molecule has 1 saturated heterocycles. The van der Waals surface area contributed by atoms with Gasteiger partial charge in [0.2, 0.25) is 0 Å². The molecule has 1 fully saturated rings. The van der Waals surface area contributed by atoms with Crippen molar-refractivity contribution in [1.29, 1.82) is 0 Å². The van der Waals surface area contributed by atoms with Crippen LogP contribution in [0.4, 0.5) is 0 Å². The van der Waals surface area contributed by atoms with Crippen LogP contribution in [0.15, 0.2) is 0 Å². The van der Waals surface area contributed by atoms with E-state index in [-0.39, 0.29) is 0 Å². The topological polar surface area (TPSA) is 29.3 Å². The van der Waals surface area contributed by atoms with Gasteiger partial charge in [-0.2, -0.15) is 0 Å². The predicted octanol–water partition coefficient (Wildman–Crippen LogP) is 2.34. The Morgan fingerprint density at radius 1 is 1.27 bits per heavy atom. The van der Waals surface area contributed by atoms with E-state index in [1.54, 1.807) is 0 Å². The van der Waals surface area contributed by atoms with Gasteiger partial charge in [0.15, 0.2) is 0 Å². The van der Waals surface area contributed by atoms with Crippen molar-refractivity contribution in [2.45, 2.75) is 46.6 Å². The highest BCUT2D eigenvalue weighted by Gasteiger charge is 2.29. The number of nitrogens with zero attached hydrogens (tertiary/aromatic N) is 1. The van der Waals surface area contributed by atoms with Gasteiger partial charge in [-0.15, -0.1) is 0 Å². The third kappa shape index (κ3) is 3.76. The molecule has 1 heterocycles. The first kappa shape index (κ1) is 13.0. The summed E-state index contributed by atoms with van der Waals surface area (Å²) in [5.41, 5.74) is 5.88. The van der Waals surface area contributed by atoms with E-state index < -0.39 is 0 Å². The molecule has 0 saturated carbocycles. The lowest BCUT2D eigenvalue weighted by Gasteiger charge is -2.28. The highest BCUT2D eigenvalue weighted by molar-refractivity contribution is 4.83. The molecule has 2 N–H and O–H groups in total. The normalized spacial score (nSPS) is 25.4. The van der Waals surface area contributed by atoms with Crippen LogP contribution in [-0.4, -0.2) is 30.6 Å². The molecule has 2 nitrogen and oxygen atoms in total. The van der Waals surface area contributed by atoms with Crippen LogP contribution in [0.1, 0.15) is 40.5 Å². The molecule has 0 spiro atoms. The van der Waals surface area contributed by atoms with Crippen molar-refractivity contribution >= 4 is 0 Å².